The standard InChI is InChI=1S/C13H27ClN2O/c1-11(2)16-7-8-17-12(10-16)9-15-13(3,4)5-6-14/h11-12,15H,5-10H2,1-4H3. The second-order valence-electron chi connectivity index (χ2n) is 5.79. The highest BCUT2D eigenvalue weighted by atomic mass is 35.5. The molecule has 1 atom stereocenters. The van der Waals surface area contributed by atoms with E-state index in [1.165, 1.54) is 0 Å². The van der Waals surface area contributed by atoms with Gasteiger partial charge in [0.15, 0.2) is 0 Å². The lowest BCUT2D eigenvalue weighted by Crippen LogP contribution is -2.52. The molecule has 1 aliphatic heterocycles. The predicted molar refractivity (Wildman–Crippen MR) is 73.9 cm³/mol. The van der Waals surface area contributed by atoms with Crippen molar-refractivity contribution in [1.82, 2.24) is 10.2 Å². The fraction of sp³-hybridized carbons (Fsp3) is 1.00. The van der Waals surface area contributed by atoms with E-state index in [2.05, 4.69) is 37.9 Å². The zero-order chi connectivity index (χ0) is 12.9. The van der Waals surface area contributed by atoms with E-state index in [-0.39, 0.29) is 5.54 Å². The monoisotopic (exact) mass is 262 g/mol. The van der Waals surface area contributed by atoms with Gasteiger partial charge in [0.1, 0.15) is 0 Å². The summed E-state index contributed by atoms with van der Waals surface area (Å²) >= 11 is 5.79. The molecule has 0 aliphatic carbocycles. The van der Waals surface area contributed by atoms with Crippen molar-refractivity contribution >= 4 is 11.6 Å². The number of ether oxygens (including phenoxy) is 1. The van der Waals surface area contributed by atoms with Crippen molar-refractivity contribution in [3.05, 3.63) is 0 Å². The number of nitrogens with one attached hydrogen (secondary N) is 1. The van der Waals surface area contributed by atoms with Gasteiger partial charge in [-0.05, 0) is 34.1 Å². The van der Waals surface area contributed by atoms with Crippen molar-refractivity contribution in [2.75, 3.05) is 32.1 Å². The number of nitrogens with zero attached hydrogens (tertiary/aromatic N) is 1. The van der Waals surface area contributed by atoms with Crippen molar-refractivity contribution in [1.29, 1.82) is 0 Å². The number of rotatable bonds is 6. The number of halogens is 1. The molecular formula is C13H27ClN2O. The van der Waals surface area contributed by atoms with Crippen LogP contribution in [0.2, 0.25) is 0 Å². The second kappa shape index (κ2) is 6.93. The summed E-state index contributed by atoms with van der Waals surface area (Å²) in [5.41, 5.74) is 0.102. The van der Waals surface area contributed by atoms with E-state index >= 15 is 0 Å². The van der Waals surface area contributed by atoms with Gasteiger partial charge >= 0.3 is 0 Å². The van der Waals surface area contributed by atoms with Gasteiger partial charge < -0.3 is 10.1 Å². The van der Waals surface area contributed by atoms with Gasteiger partial charge in [0.05, 0.1) is 12.7 Å². The Balaban J connectivity index is 2.31. The van der Waals surface area contributed by atoms with E-state index in [9.17, 15) is 0 Å². The van der Waals surface area contributed by atoms with Gasteiger partial charge in [-0.15, -0.1) is 11.6 Å². The van der Waals surface area contributed by atoms with Crippen LogP contribution < -0.4 is 5.32 Å². The first-order valence-electron chi connectivity index (χ1n) is 6.61. The lowest BCUT2D eigenvalue weighted by Gasteiger charge is -2.37. The first kappa shape index (κ1) is 15.2. The summed E-state index contributed by atoms with van der Waals surface area (Å²) in [6.45, 7) is 12.7. The summed E-state index contributed by atoms with van der Waals surface area (Å²) in [4.78, 5) is 2.48. The van der Waals surface area contributed by atoms with Crippen LogP contribution >= 0.6 is 11.6 Å². The van der Waals surface area contributed by atoms with Gasteiger partial charge in [0.25, 0.3) is 0 Å². The summed E-state index contributed by atoms with van der Waals surface area (Å²) in [7, 11) is 0. The van der Waals surface area contributed by atoms with Crippen LogP contribution in [0.25, 0.3) is 0 Å². The molecule has 1 N–H and O–H groups in total. The highest BCUT2D eigenvalue weighted by molar-refractivity contribution is 6.17. The lowest BCUT2D eigenvalue weighted by molar-refractivity contribution is -0.0395. The minimum Gasteiger partial charge on any atom is -0.374 e. The van der Waals surface area contributed by atoms with Crippen LogP contribution in [0.5, 0.6) is 0 Å². The minimum atomic E-state index is 0.102. The highest BCUT2D eigenvalue weighted by Crippen LogP contribution is 2.12. The van der Waals surface area contributed by atoms with Crippen LogP contribution in [0.1, 0.15) is 34.1 Å². The predicted octanol–water partition coefficient (Wildman–Crippen LogP) is 2.09. The number of hydrogen-bond donors (Lipinski definition) is 1. The van der Waals surface area contributed by atoms with Gasteiger partial charge in [-0.1, -0.05) is 0 Å². The Morgan fingerprint density at radius 3 is 2.76 bits per heavy atom. The third-order valence-corrected chi connectivity index (χ3v) is 3.62. The molecule has 1 aliphatic rings. The van der Waals surface area contributed by atoms with E-state index in [1.807, 2.05) is 0 Å². The summed E-state index contributed by atoms with van der Waals surface area (Å²) in [5.74, 6) is 0.698. The number of morpholine rings is 1. The SMILES string of the molecule is CC(C)N1CCOC(CNC(C)(C)CCCl)C1. The zero-order valence-corrected chi connectivity index (χ0v) is 12.4. The molecular weight excluding hydrogens is 236 g/mol. The lowest BCUT2D eigenvalue weighted by atomic mass is 10.0. The van der Waals surface area contributed by atoms with Crippen LogP contribution in [-0.2, 0) is 4.74 Å². The Morgan fingerprint density at radius 1 is 1.47 bits per heavy atom. The van der Waals surface area contributed by atoms with E-state index in [1.54, 1.807) is 0 Å². The molecule has 4 heteroatoms. The third kappa shape index (κ3) is 5.56. The first-order valence-corrected chi connectivity index (χ1v) is 7.15. The fourth-order valence-corrected chi connectivity index (χ4v) is 2.52. The van der Waals surface area contributed by atoms with Crippen LogP contribution in [0.3, 0.4) is 0 Å². The molecule has 102 valence electrons. The average molecular weight is 263 g/mol. The van der Waals surface area contributed by atoms with Crippen LogP contribution in [0.15, 0.2) is 0 Å². The van der Waals surface area contributed by atoms with Gasteiger partial charge in [-0.2, -0.15) is 0 Å². The van der Waals surface area contributed by atoms with Gasteiger partial charge in [0.2, 0.25) is 0 Å². The summed E-state index contributed by atoms with van der Waals surface area (Å²) < 4.78 is 5.79. The summed E-state index contributed by atoms with van der Waals surface area (Å²) in [6, 6.07) is 0.609. The Bertz CT molecular complexity index is 221. The number of alkyl halides is 1. The van der Waals surface area contributed by atoms with E-state index in [4.69, 9.17) is 16.3 Å². The van der Waals surface area contributed by atoms with Crippen LogP contribution in [0, 0.1) is 0 Å². The molecule has 1 heterocycles. The van der Waals surface area contributed by atoms with Crippen LogP contribution in [-0.4, -0.2) is 54.7 Å². The molecule has 0 aromatic carbocycles. The normalized spacial score (nSPS) is 23.3. The van der Waals surface area contributed by atoms with E-state index < -0.39 is 0 Å². The van der Waals surface area contributed by atoms with Crippen molar-refractivity contribution in [3.63, 3.8) is 0 Å². The highest BCUT2D eigenvalue weighted by Gasteiger charge is 2.24. The summed E-state index contributed by atoms with van der Waals surface area (Å²) in [5, 5.41) is 3.55. The molecule has 3 nitrogen and oxygen atoms in total. The van der Waals surface area contributed by atoms with Crippen molar-refractivity contribution < 1.29 is 4.74 Å². The van der Waals surface area contributed by atoms with Crippen molar-refractivity contribution in [2.45, 2.75) is 51.8 Å². The maximum Gasteiger partial charge on any atom is 0.0827 e. The first-order chi connectivity index (χ1) is 7.94. The van der Waals surface area contributed by atoms with Gasteiger partial charge in [0, 0.05) is 37.1 Å². The van der Waals surface area contributed by atoms with Gasteiger partial charge in [-0.3, -0.25) is 4.90 Å². The molecule has 17 heavy (non-hydrogen) atoms. The van der Waals surface area contributed by atoms with Crippen molar-refractivity contribution in [2.24, 2.45) is 0 Å². The topological polar surface area (TPSA) is 24.5 Å². The molecule has 0 radical (unpaired) electrons. The maximum atomic E-state index is 5.79. The summed E-state index contributed by atoms with van der Waals surface area (Å²) in [6.07, 6.45) is 1.29. The van der Waals surface area contributed by atoms with E-state index in [0.29, 0.717) is 18.0 Å². The minimum absolute atomic E-state index is 0.102. The van der Waals surface area contributed by atoms with E-state index in [0.717, 1.165) is 32.7 Å². The largest absolute Gasteiger partial charge is 0.374 e. The third-order valence-electron chi connectivity index (χ3n) is 3.43. The zero-order valence-electron chi connectivity index (χ0n) is 11.6. The number of hydrogen-bond acceptors (Lipinski definition) is 3. The average Bonchev–Trinajstić information content (AvgIpc) is 2.27. The molecule has 1 fully saturated rings. The second-order valence-corrected chi connectivity index (χ2v) is 6.16. The fourth-order valence-electron chi connectivity index (χ4n) is 2.05. The molecule has 0 saturated carbocycles. The molecule has 0 bridgehead atoms. The molecule has 0 spiro atoms. The molecule has 1 unspecified atom stereocenters. The smallest absolute Gasteiger partial charge is 0.0827 e. The Labute approximate surface area is 111 Å². The molecule has 1 rings (SSSR count). The Hall–Kier alpha value is 0.170. The Morgan fingerprint density at radius 2 is 2.18 bits per heavy atom. The van der Waals surface area contributed by atoms with Crippen LogP contribution in [0.4, 0.5) is 0 Å². The molecule has 0 aromatic rings. The Kier molecular flexibility index (Phi) is 6.21. The van der Waals surface area contributed by atoms with Crippen molar-refractivity contribution in [3.8, 4) is 0 Å². The maximum absolute atomic E-state index is 5.79. The molecule has 0 aromatic heterocycles. The molecule has 1 saturated heterocycles. The quantitative estimate of drug-likeness (QED) is 0.742. The van der Waals surface area contributed by atoms with Gasteiger partial charge in [-0.25, -0.2) is 0 Å². The molecule has 0 amide bonds.